The molecule has 146 valence electrons. The van der Waals surface area contributed by atoms with Crippen molar-refractivity contribution in [1.29, 1.82) is 0 Å². The second-order valence-corrected chi connectivity index (χ2v) is 7.00. The van der Waals surface area contributed by atoms with E-state index in [1.165, 1.54) is 23.9 Å². The van der Waals surface area contributed by atoms with Gasteiger partial charge in [-0.3, -0.25) is 9.59 Å². The summed E-state index contributed by atoms with van der Waals surface area (Å²) in [5.41, 5.74) is 0.345. The minimum Gasteiger partial charge on any atom is -0.454 e. The maximum Gasteiger partial charge on any atom is 0.416 e. The number of nitrogens with one attached hydrogen (secondary N) is 1. The molecular formula is C17H19ClN2O6S. The normalized spacial score (nSPS) is 14.4. The SMILES string of the molecule is CSCC[C@@H](NC(=O)c1ccc(Cl)cc1)C(=O)OCC(=O)N1CCOC1=O. The minimum absolute atomic E-state index is 0.117. The number of rotatable bonds is 8. The van der Waals surface area contributed by atoms with Gasteiger partial charge in [-0.1, -0.05) is 11.6 Å². The molecule has 1 aliphatic heterocycles. The van der Waals surface area contributed by atoms with E-state index in [0.717, 1.165) is 4.90 Å². The van der Waals surface area contributed by atoms with Crippen LogP contribution in [0.2, 0.25) is 5.02 Å². The molecule has 1 aromatic rings. The highest BCUT2D eigenvalue weighted by Crippen LogP contribution is 2.11. The van der Waals surface area contributed by atoms with Gasteiger partial charge in [-0.05, 0) is 42.7 Å². The number of nitrogens with zero attached hydrogens (tertiary/aromatic N) is 1. The van der Waals surface area contributed by atoms with Gasteiger partial charge in [-0.25, -0.2) is 14.5 Å². The van der Waals surface area contributed by atoms with Crippen molar-refractivity contribution < 1.29 is 28.7 Å². The van der Waals surface area contributed by atoms with Crippen molar-refractivity contribution in [2.45, 2.75) is 12.5 Å². The van der Waals surface area contributed by atoms with Crippen LogP contribution in [0, 0.1) is 0 Å². The lowest BCUT2D eigenvalue weighted by Gasteiger charge is -2.18. The lowest BCUT2D eigenvalue weighted by molar-refractivity contribution is -0.152. The molecule has 0 saturated carbocycles. The molecule has 0 spiro atoms. The van der Waals surface area contributed by atoms with Crippen LogP contribution in [0.25, 0.3) is 0 Å². The molecule has 1 aliphatic rings. The topological polar surface area (TPSA) is 102 Å². The molecular weight excluding hydrogens is 396 g/mol. The standard InChI is InChI=1S/C17H19ClN2O6S/c1-27-9-6-13(19-15(22)11-2-4-12(18)5-3-11)16(23)26-10-14(21)20-7-8-25-17(20)24/h2-5,13H,6-10H2,1H3,(H,19,22)/t13-/m1/s1. The number of hydrogen-bond acceptors (Lipinski definition) is 7. The van der Waals surface area contributed by atoms with Gasteiger partial charge in [0, 0.05) is 10.6 Å². The Morgan fingerprint density at radius 1 is 1.33 bits per heavy atom. The van der Waals surface area contributed by atoms with Crippen LogP contribution in [-0.2, 0) is 19.1 Å². The Hall–Kier alpha value is -2.26. The minimum atomic E-state index is -0.918. The molecule has 0 radical (unpaired) electrons. The van der Waals surface area contributed by atoms with Gasteiger partial charge in [0.1, 0.15) is 12.6 Å². The van der Waals surface area contributed by atoms with Crippen molar-refractivity contribution in [2.75, 3.05) is 31.8 Å². The third-order valence-electron chi connectivity index (χ3n) is 3.71. The van der Waals surface area contributed by atoms with Gasteiger partial charge in [0.05, 0.1) is 6.54 Å². The molecule has 0 aliphatic carbocycles. The van der Waals surface area contributed by atoms with E-state index in [-0.39, 0.29) is 13.2 Å². The monoisotopic (exact) mass is 414 g/mol. The highest BCUT2D eigenvalue weighted by atomic mass is 35.5. The van der Waals surface area contributed by atoms with Crippen LogP contribution in [0.3, 0.4) is 0 Å². The van der Waals surface area contributed by atoms with Gasteiger partial charge >= 0.3 is 12.1 Å². The largest absolute Gasteiger partial charge is 0.454 e. The third-order valence-corrected chi connectivity index (χ3v) is 4.60. The number of benzene rings is 1. The first-order valence-corrected chi connectivity index (χ1v) is 9.88. The number of thioether (sulfide) groups is 1. The third kappa shape index (κ3) is 6.14. The molecule has 1 atom stereocenters. The second-order valence-electron chi connectivity index (χ2n) is 5.58. The molecule has 8 nitrogen and oxygen atoms in total. The first-order valence-electron chi connectivity index (χ1n) is 8.11. The fourth-order valence-corrected chi connectivity index (χ4v) is 2.86. The molecule has 10 heteroatoms. The summed E-state index contributed by atoms with van der Waals surface area (Å²) < 4.78 is 9.66. The summed E-state index contributed by atoms with van der Waals surface area (Å²) in [5.74, 6) is -1.26. The number of ether oxygens (including phenoxy) is 2. The maximum absolute atomic E-state index is 12.3. The summed E-state index contributed by atoms with van der Waals surface area (Å²) in [6.07, 6.45) is 1.44. The Morgan fingerprint density at radius 2 is 2.04 bits per heavy atom. The molecule has 2 rings (SSSR count). The van der Waals surface area contributed by atoms with Crippen molar-refractivity contribution in [3.8, 4) is 0 Å². The molecule has 0 aromatic heterocycles. The molecule has 1 fully saturated rings. The van der Waals surface area contributed by atoms with Crippen LogP contribution in [-0.4, -0.2) is 66.6 Å². The van der Waals surface area contributed by atoms with E-state index in [2.05, 4.69) is 10.1 Å². The molecule has 0 bridgehead atoms. The van der Waals surface area contributed by atoms with Crippen LogP contribution < -0.4 is 5.32 Å². The van der Waals surface area contributed by atoms with E-state index < -0.39 is 36.5 Å². The average molecular weight is 415 g/mol. The Morgan fingerprint density at radius 3 is 2.63 bits per heavy atom. The van der Waals surface area contributed by atoms with E-state index in [1.54, 1.807) is 12.1 Å². The summed E-state index contributed by atoms with van der Waals surface area (Å²) in [6.45, 7) is -0.356. The van der Waals surface area contributed by atoms with Crippen LogP contribution in [0.4, 0.5) is 4.79 Å². The Kier molecular flexibility index (Phi) is 7.93. The zero-order valence-corrected chi connectivity index (χ0v) is 16.2. The number of carbonyl (C=O) groups is 4. The fraction of sp³-hybridized carbons (Fsp3) is 0.412. The van der Waals surface area contributed by atoms with E-state index in [0.29, 0.717) is 22.8 Å². The maximum atomic E-state index is 12.3. The van der Waals surface area contributed by atoms with Crippen molar-refractivity contribution >= 4 is 47.2 Å². The van der Waals surface area contributed by atoms with E-state index in [1.807, 2.05) is 6.26 Å². The summed E-state index contributed by atoms with van der Waals surface area (Å²) in [7, 11) is 0. The molecule has 1 N–H and O–H groups in total. The van der Waals surface area contributed by atoms with E-state index in [9.17, 15) is 19.2 Å². The zero-order chi connectivity index (χ0) is 19.8. The smallest absolute Gasteiger partial charge is 0.416 e. The summed E-state index contributed by atoms with van der Waals surface area (Å²) >= 11 is 7.30. The Bertz CT molecular complexity index is 712. The number of hydrogen-bond donors (Lipinski definition) is 1. The molecule has 0 unspecified atom stereocenters. The van der Waals surface area contributed by atoms with Crippen molar-refractivity contribution in [3.63, 3.8) is 0 Å². The second kappa shape index (κ2) is 10.2. The predicted molar refractivity (Wildman–Crippen MR) is 99.7 cm³/mol. The summed E-state index contributed by atoms with van der Waals surface area (Å²) in [5, 5.41) is 3.09. The van der Waals surface area contributed by atoms with Crippen LogP contribution >= 0.6 is 23.4 Å². The molecule has 27 heavy (non-hydrogen) atoms. The van der Waals surface area contributed by atoms with Crippen LogP contribution in [0.5, 0.6) is 0 Å². The highest BCUT2D eigenvalue weighted by molar-refractivity contribution is 7.98. The van der Waals surface area contributed by atoms with Gasteiger partial charge < -0.3 is 14.8 Å². The number of imide groups is 1. The first kappa shape index (κ1) is 21.0. The van der Waals surface area contributed by atoms with Gasteiger partial charge in [-0.2, -0.15) is 11.8 Å². The van der Waals surface area contributed by atoms with Gasteiger partial charge in [0.2, 0.25) is 0 Å². The molecule has 1 saturated heterocycles. The quantitative estimate of drug-likeness (QED) is 0.646. The van der Waals surface area contributed by atoms with Gasteiger partial charge in [-0.15, -0.1) is 0 Å². The van der Waals surface area contributed by atoms with Crippen LogP contribution in [0.15, 0.2) is 24.3 Å². The van der Waals surface area contributed by atoms with Crippen molar-refractivity contribution in [3.05, 3.63) is 34.9 Å². The Labute approximate surface area is 165 Å². The lowest BCUT2D eigenvalue weighted by Crippen LogP contribution is -2.44. The zero-order valence-electron chi connectivity index (χ0n) is 14.6. The summed E-state index contributed by atoms with van der Waals surface area (Å²) in [6, 6.07) is 5.30. The van der Waals surface area contributed by atoms with Crippen molar-refractivity contribution in [1.82, 2.24) is 10.2 Å². The average Bonchev–Trinajstić information content (AvgIpc) is 3.09. The number of amides is 3. The van der Waals surface area contributed by atoms with E-state index in [4.69, 9.17) is 16.3 Å². The molecule has 1 heterocycles. The fourth-order valence-electron chi connectivity index (χ4n) is 2.26. The molecule has 1 aromatic carbocycles. The van der Waals surface area contributed by atoms with Gasteiger partial charge in [0.25, 0.3) is 11.8 Å². The van der Waals surface area contributed by atoms with Crippen LogP contribution in [0.1, 0.15) is 16.8 Å². The number of carbonyl (C=O) groups excluding carboxylic acids is 4. The predicted octanol–water partition coefficient (Wildman–Crippen LogP) is 1.71. The Balaban J connectivity index is 1.94. The lowest BCUT2D eigenvalue weighted by atomic mass is 10.1. The van der Waals surface area contributed by atoms with Gasteiger partial charge in [0.15, 0.2) is 6.61 Å². The number of cyclic esters (lactones) is 1. The number of esters is 1. The van der Waals surface area contributed by atoms with E-state index >= 15 is 0 Å². The summed E-state index contributed by atoms with van der Waals surface area (Å²) in [4.78, 5) is 48.8. The van der Waals surface area contributed by atoms with Crippen molar-refractivity contribution in [2.24, 2.45) is 0 Å². The highest BCUT2D eigenvalue weighted by Gasteiger charge is 2.30. The molecule has 3 amide bonds. The first-order chi connectivity index (χ1) is 12.9. The number of halogens is 1.